The van der Waals surface area contributed by atoms with Crippen LogP contribution in [0.25, 0.3) is 10.8 Å². The van der Waals surface area contributed by atoms with E-state index in [4.69, 9.17) is 0 Å². The molecule has 1 saturated heterocycles. The number of alkyl halides is 2. The molecule has 0 spiro atoms. The average molecular weight is 308 g/mol. The van der Waals surface area contributed by atoms with Gasteiger partial charge in [-0.05, 0) is 12.5 Å². The first-order valence-corrected chi connectivity index (χ1v) is 7.76. The molecule has 4 rings (SSSR count). The highest BCUT2D eigenvalue weighted by atomic mass is 32.1. The maximum absolute atomic E-state index is 13.8. The van der Waals surface area contributed by atoms with Crippen LogP contribution in [0.5, 0.6) is 0 Å². The largest absolute Gasteiger partial charge is 0.356 e. The number of nitrogens with zero attached hydrogens (tertiary/aromatic N) is 4. The van der Waals surface area contributed by atoms with Gasteiger partial charge in [0.15, 0.2) is 10.8 Å². The van der Waals surface area contributed by atoms with E-state index in [0.717, 1.165) is 5.01 Å². The van der Waals surface area contributed by atoms with Crippen LogP contribution >= 0.6 is 11.3 Å². The van der Waals surface area contributed by atoms with Crippen LogP contribution in [0.4, 0.5) is 14.6 Å². The summed E-state index contributed by atoms with van der Waals surface area (Å²) in [4.78, 5) is 14.8. The molecule has 1 aliphatic carbocycles. The van der Waals surface area contributed by atoms with Crippen molar-refractivity contribution in [3.63, 3.8) is 0 Å². The predicted octanol–water partition coefficient (Wildman–Crippen LogP) is 3.08. The number of rotatable bonds is 2. The Morgan fingerprint density at radius 2 is 2.19 bits per heavy atom. The van der Waals surface area contributed by atoms with Crippen LogP contribution in [-0.2, 0) is 0 Å². The normalized spacial score (nSPS) is 30.0. The number of hydrogen-bond donors (Lipinski definition) is 0. The minimum absolute atomic E-state index is 0.359. The Kier molecular flexibility index (Phi) is 2.61. The van der Waals surface area contributed by atoms with Crippen molar-refractivity contribution < 1.29 is 8.78 Å². The monoisotopic (exact) mass is 308 g/mol. The third-order valence-electron chi connectivity index (χ3n) is 4.78. The van der Waals surface area contributed by atoms with Crippen molar-refractivity contribution in [3.05, 3.63) is 23.8 Å². The molecule has 4 nitrogen and oxygen atoms in total. The molecule has 110 valence electrons. The standard InChI is InChI=1S/C14H14F2N4S/c1-13-3-6-20(8-9(13)14(13,15)16)10-2-4-17-11(19-10)12-18-5-7-21-12/h2,4-5,7,9H,3,6,8H2,1H3. The van der Waals surface area contributed by atoms with Crippen LogP contribution in [0.15, 0.2) is 23.8 Å². The van der Waals surface area contributed by atoms with Crippen molar-refractivity contribution in [2.45, 2.75) is 19.3 Å². The van der Waals surface area contributed by atoms with E-state index in [-0.39, 0.29) is 0 Å². The molecule has 3 heterocycles. The average Bonchev–Trinajstić information content (AvgIpc) is 2.90. The number of piperidine rings is 1. The molecule has 0 bridgehead atoms. The topological polar surface area (TPSA) is 41.9 Å². The van der Waals surface area contributed by atoms with E-state index < -0.39 is 17.3 Å². The Bertz CT molecular complexity index is 675. The van der Waals surface area contributed by atoms with Crippen LogP contribution in [0.2, 0.25) is 0 Å². The zero-order valence-electron chi connectivity index (χ0n) is 11.5. The fraction of sp³-hybridized carbons (Fsp3) is 0.500. The Morgan fingerprint density at radius 3 is 2.90 bits per heavy atom. The molecule has 21 heavy (non-hydrogen) atoms. The second-order valence-electron chi connectivity index (χ2n) is 5.86. The molecule has 0 N–H and O–H groups in total. The van der Waals surface area contributed by atoms with Gasteiger partial charge in [0.1, 0.15) is 5.82 Å². The lowest BCUT2D eigenvalue weighted by atomic mass is 9.97. The fourth-order valence-corrected chi connectivity index (χ4v) is 3.76. The lowest BCUT2D eigenvalue weighted by molar-refractivity contribution is 0.0636. The van der Waals surface area contributed by atoms with E-state index in [1.165, 1.54) is 11.3 Å². The highest BCUT2D eigenvalue weighted by Gasteiger charge is 2.78. The molecule has 2 unspecified atom stereocenters. The highest BCUT2D eigenvalue weighted by molar-refractivity contribution is 7.12. The molecule has 0 amide bonds. The Labute approximate surface area is 124 Å². The number of hydrogen-bond acceptors (Lipinski definition) is 5. The smallest absolute Gasteiger partial charge is 0.259 e. The quantitative estimate of drug-likeness (QED) is 0.855. The van der Waals surface area contributed by atoms with E-state index in [9.17, 15) is 8.78 Å². The molecule has 2 aromatic heterocycles. The van der Waals surface area contributed by atoms with Gasteiger partial charge >= 0.3 is 0 Å². The number of thiazole rings is 1. The first-order chi connectivity index (χ1) is 10.0. The Hall–Kier alpha value is -1.63. The third kappa shape index (κ3) is 1.79. The summed E-state index contributed by atoms with van der Waals surface area (Å²) in [6.45, 7) is 2.66. The first kappa shape index (κ1) is 13.1. The van der Waals surface area contributed by atoms with E-state index >= 15 is 0 Å². The van der Waals surface area contributed by atoms with Crippen molar-refractivity contribution in [1.82, 2.24) is 15.0 Å². The van der Waals surface area contributed by atoms with Crippen molar-refractivity contribution in [1.29, 1.82) is 0 Å². The highest BCUT2D eigenvalue weighted by Crippen LogP contribution is 2.69. The number of halogens is 2. The van der Waals surface area contributed by atoms with Gasteiger partial charge in [-0.3, -0.25) is 0 Å². The van der Waals surface area contributed by atoms with Crippen LogP contribution in [0.3, 0.4) is 0 Å². The molecule has 7 heteroatoms. The maximum Gasteiger partial charge on any atom is 0.259 e. The minimum atomic E-state index is -2.53. The van der Waals surface area contributed by atoms with Gasteiger partial charge in [0.2, 0.25) is 0 Å². The maximum atomic E-state index is 13.8. The number of fused-ring (bicyclic) bond motifs is 1. The van der Waals surface area contributed by atoms with Gasteiger partial charge in [0.05, 0.1) is 5.92 Å². The Balaban J connectivity index is 1.60. The summed E-state index contributed by atoms with van der Waals surface area (Å²) >= 11 is 1.46. The van der Waals surface area contributed by atoms with Crippen molar-refractivity contribution >= 4 is 17.2 Å². The second kappa shape index (κ2) is 4.19. The van der Waals surface area contributed by atoms with Gasteiger partial charge in [-0.25, -0.2) is 23.7 Å². The van der Waals surface area contributed by atoms with E-state index in [2.05, 4.69) is 15.0 Å². The summed E-state index contributed by atoms with van der Waals surface area (Å²) in [5.74, 6) is -1.83. The van der Waals surface area contributed by atoms with Crippen molar-refractivity contribution in [2.24, 2.45) is 11.3 Å². The van der Waals surface area contributed by atoms with Crippen LogP contribution in [-0.4, -0.2) is 34.0 Å². The summed E-state index contributed by atoms with van der Waals surface area (Å²) in [6, 6.07) is 1.78. The summed E-state index contributed by atoms with van der Waals surface area (Å²) < 4.78 is 27.6. The third-order valence-corrected chi connectivity index (χ3v) is 5.55. The molecule has 2 atom stereocenters. The molecule has 0 radical (unpaired) electrons. The summed E-state index contributed by atoms with van der Waals surface area (Å²) in [7, 11) is 0. The van der Waals surface area contributed by atoms with Crippen molar-refractivity contribution in [2.75, 3.05) is 18.0 Å². The van der Waals surface area contributed by atoms with E-state index in [1.54, 1.807) is 25.4 Å². The second-order valence-corrected chi connectivity index (χ2v) is 6.76. The molecule has 1 saturated carbocycles. The van der Waals surface area contributed by atoms with Gasteiger partial charge in [0.25, 0.3) is 5.92 Å². The fourth-order valence-electron chi connectivity index (χ4n) is 3.18. The van der Waals surface area contributed by atoms with Crippen LogP contribution in [0.1, 0.15) is 13.3 Å². The van der Waals surface area contributed by atoms with Crippen molar-refractivity contribution in [3.8, 4) is 10.8 Å². The molecular formula is C14H14F2N4S. The minimum Gasteiger partial charge on any atom is -0.356 e. The molecule has 1 aliphatic heterocycles. The zero-order chi connectivity index (χ0) is 14.7. The zero-order valence-corrected chi connectivity index (χ0v) is 12.3. The van der Waals surface area contributed by atoms with E-state index in [0.29, 0.717) is 31.2 Å². The van der Waals surface area contributed by atoms with Crippen LogP contribution in [0, 0.1) is 11.3 Å². The number of aromatic nitrogens is 3. The van der Waals surface area contributed by atoms with Gasteiger partial charge in [0, 0.05) is 36.3 Å². The molecule has 0 aromatic carbocycles. The molecule has 2 aliphatic rings. The van der Waals surface area contributed by atoms with Gasteiger partial charge in [-0.1, -0.05) is 6.92 Å². The summed E-state index contributed by atoms with van der Waals surface area (Å²) in [5.41, 5.74) is -0.811. The van der Waals surface area contributed by atoms with Crippen LogP contribution < -0.4 is 4.90 Å². The molecular weight excluding hydrogens is 294 g/mol. The van der Waals surface area contributed by atoms with Gasteiger partial charge in [-0.2, -0.15) is 0 Å². The molecule has 2 fully saturated rings. The van der Waals surface area contributed by atoms with Gasteiger partial charge < -0.3 is 4.90 Å². The first-order valence-electron chi connectivity index (χ1n) is 6.88. The summed E-state index contributed by atoms with van der Waals surface area (Å²) in [5, 5.41) is 2.61. The lowest BCUT2D eigenvalue weighted by Gasteiger charge is -2.29. The predicted molar refractivity (Wildman–Crippen MR) is 76.5 cm³/mol. The van der Waals surface area contributed by atoms with Gasteiger partial charge in [-0.15, -0.1) is 11.3 Å². The SMILES string of the molecule is CC12CCN(c3ccnc(-c4nccs4)n3)CC1C2(F)F. The number of anilines is 1. The van der Waals surface area contributed by atoms with E-state index in [1.807, 2.05) is 10.3 Å². The lowest BCUT2D eigenvalue weighted by Crippen LogP contribution is -2.34. The Morgan fingerprint density at radius 1 is 1.33 bits per heavy atom. The summed E-state index contributed by atoms with van der Waals surface area (Å²) in [6.07, 6.45) is 3.87. The molecule has 2 aromatic rings.